The predicted octanol–water partition coefficient (Wildman–Crippen LogP) is 1.39. The first-order chi connectivity index (χ1) is 19.2. The molecule has 9 heteroatoms. The third kappa shape index (κ3) is 4.38. The summed E-state index contributed by atoms with van der Waals surface area (Å²) in [7, 11) is 0. The molecule has 0 radical (unpaired) electrons. The monoisotopic (exact) mass is 470 g/mol. The summed E-state index contributed by atoms with van der Waals surface area (Å²) < 4.78 is 70.2. The molecular weight excluding hydrogens is 438 g/mol. The lowest BCUT2D eigenvalue weighted by molar-refractivity contribution is -0.143. The Morgan fingerprint density at radius 1 is 1.15 bits per heavy atom. The molecule has 9 nitrogen and oxygen atoms in total. The van der Waals surface area contributed by atoms with Gasteiger partial charge in [0, 0.05) is 30.6 Å². The van der Waals surface area contributed by atoms with Crippen LogP contribution in [-0.4, -0.2) is 59.2 Å². The molecule has 3 aliphatic rings. The van der Waals surface area contributed by atoms with Crippen molar-refractivity contribution < 1.29 is 38.2 Å². The van der Waals surface area contributed by atoms with Crippen LogP contribution in [0, 0.1) is 0 Å². The van der Waals surface area contributed by atoms with Crippen molar-refractivity contribution in [3.8, 4) is 5.75 Å². The summed E-state index contributed by atoms with van der Waals surface area (Å²) in [6.07, 6.45) is 0.193. The van der Waals surface area contributed by atoms with Crippen molar-refractivity contribution in [1.82, 2.24) is 15.1 Å². The number of piperidine rings is 1. The number of carbonyl (C=O) groups is 4. The van der Waals surface area contributed by atoms with Gasteiger partial charge in [0.25, 0.3) is 5.91 Å². The van der Waals surface area contributed by atoms with Gasteiger partial charge in [0.1, 0.15) is 25.0 Å². The number of hydrogen-bond acceptors (Lipinski definition) is 6. The summed E-state index contributed by atoms with van der Waals surface area (Å²) in [4.78, 5) is 51.4. The van der Waals surface area contributed by atoms with Crippen LogP contribution in [0.15, 0.2) is 42.4 Å². The highest BCUT2D eigenvalue weighted by atomic mass is 16.5. The van der Waals surface area contributed by atoms with Crippen LogP contribution in [0.3, 0.4) is 0 Å². The van der Waals surface area contributed by atoms with E-state index in [1.165, 1.54) is 23.1 Å². The van der Waals surface area contributed by atoms with Gasteiger partial charge in [-0.2, -0.15) is 0 Å². The third-order valence-corrected chi connectivity index (χ3v) is 5.73. The Hall–Kier alpha value is -3.72. The zero-order valence-corrected chi connectivity index (χ0v) is 18.0. The minimum absolute atomic E-state index is 0.0596. The maximum absolute atomic E-state index is 13.1. The molecule has 1 N–H and O–H groups in total. The van der Waals surface area contributed by atoms with Crippen LogP contribution in [0.2, 0.25) is 0 Å². The molecule has 2 aromatic rings. The molecule has 5 rings (SSSR count). The minimum Gasteiger partial charge on any atom is -0.489 e. The van der Waals surface area contributed by atoms with Crippen molar-refractivity contribution >= 4 is 23.6 Å². The Kier molecular flexibility index (Phi) is 4.15. The van der Waals surface area contributed by atoms with Crippen LogP contribution < -0.4 is 10.1 Å². The summed E-state index contributed by atoms with van der Waals surface area (Å²) in [5, 5.41) is 2.21. The van der Waals surface area contributed by atoms with Crippen molar-refractivity contribution in [2.24, 2.45) is 0 Å². The molecule has 0 aliphatic carbocycles. The molecule has 0 spiro atoms. The Morgan fingerprint density at radius 2 is 2.00 bits per heavy atom. The second-order valence-electron chi connectivity index (χ2n) is 7.92. The number of morpholine rings is 1. The smallest absolute Gasteiger partial charge is 0.255 e. The van der Waals surface area contributed by atoms with Gasteiger partial charge in [0.05, 0.1) is 22.7 Å². The summed E-state index contributed by atoms with van der Waals surface area (Å²) in [5.74, 6) is -2.30. The van der Waals surface area contributed by atoms with Crippen molar-refractivity contribution in [3.63, 3.8) is 0 Å². The Balaban J connectivity index is 1.46. The lowest BCUT2D eigenvalue weighted by Gasteiger charge is -2.29. The molecular formula is C25H25N3O6. The Labute approximate surface area is 206 Å². The van der Waals surface area contributed by atoms with E-state index in [1.54, 1.807) is 0 Å². The minimum atomic E-state index is -2.87. The van der Waals surface area contributed by atoms with Gasteiger partial charge < -0.3 is 19.3 Å². The van der Waals surface area contributed by atoms with Gasteiger partial charge in [-0.25, -0.2) is 0 Å². The average Bonchev–Trinajstić information content (AvgIpc) is 3.23. The predicted molar refractivity (Wildman–Crippen MR) is 119 cm³/mol. The molecule has 2 fully saturated rings. The average molecular weight is 471 g/mol. The van der Waals surface area contributed by atoms with Gasteiger partial charge in [-0.1, -0.05) is 30.3 Å². The first kappa shape index (κ1) is 15.2. The molecule has 2 aromatic carbocycles. The first-order valence-corrected chi connectivity index (χ1v) is 10.7. The van der Waals surface area contributed by atoms with Crippen molar-refractivity contribution in [1.29, 1.82) is 0 Å². The van der Waals surface area contributed by atoms with Crippen molar-refractivity contribution in [2.45, 2.75) is 38.5 Å². The SMILES string of the molecule is [2H]c1cc(C([2H])([2H])N2CCOCC2=O)c([2H])c([2H])c1C([2H])([2H])Oc1cccc2c1CN(C1CCC(=O)NC1=O)C2=O. The van der Waals surface area contributed by atoms with Crippen molar-refractivity contribution in [2.75, 3.05) is 19.8 Å². The number of hydrogen-bond donors (Lipinski definition) is 1. The zero-order valence-electron chi connectivity index (χ0n) is 25.0. The van der Waals surface area contributed by atoms with Crippen LogP contribution in [0.25, 0.3) is 0 Å². The van der Waals surface area contributed by atoms with E-state index >= 15 is 0 Å². The largest absolute Gasteiger partial charge is 0.489 e. The molecule has 0 saturated carbocycles. The number of imide groups is 1. The highest BCUT2D eigenvalue weighted by Gasteiger charge is 2.40. The van der Waals surface area contributed by atoms with Gasteiger partial charge >= 0.3 is 0 Å². The van der Waals surface area contributed by atoms with E-state index < -0.39 is 72.0 Å². The van der Waals surface area contributed by atoms with E-state index in [9.17, 15) is 19.2 Å². The molecule has 34 heavy (non-hydrogen) atoms. The lowest BCUT2D eigenvalue weighted by Crippen LogP contribution is -2.52. The Morgan fingerprint density at radius 3 is 2.82 bits per heavy atom. The number of benzene rings is 2. The fraction of sp³-hybridized carbons (Fsp3) is 0.360. The van der Waals surface area contributed by atoms with Gasteiger partial charge in [-0.05, 0) is 29.7 Å². The van der Waals surface area contributed by atoms with E-state index in [0.717, 1.165) is 11.0 Å². The van der Waals surface area contributed by atoms with E-state index in [4.69, 9.17) is 19.1 Å². The third-order valence-electron chi connectivity index (χ3n) is 5.73. The molecule has 0 aromatic heterocycles. The van der Waals surface area contributed by atoms with Crippen LogP contribution in [0.1, 0.15) is 49.5 Å². The summed E-state index contributed by atoms with van der Waals surface area (Å²) >= 11 is 0. The summed E-state index contributed by atoms with van der Waals surface area (Å²) in [6.45, 7) is -5.93. The number of ether oxygens (including phenoxy) is 2. The quantitative estimate of drug-likeness (QED) is 0.640. The van der Waals surface area contributed by atoms with Crippen LogP contribution in [0.5, 0.6) is 5.75 Å². The molecule has 3 heterocycles. The first-order valence-electron chi connectivity index (χ1n) is 14.2. The van der Waals surface area contributed by atoms with Crippen molar-refractivity contribution in [3.05, 3.63) is 64.6 Å². The zero-order chi connectivity index (χ0) is 29.9. The van der Waals surface area contributed by atoms with E-state index in [-0.39, 0.29) is 56.0 Å². The Bertz CT molecular complexity index is 1480. The molecule has 4 amide bonds. The normalized spacial score (nSPS) is 24.2. The molecule has 1 atom stereocenters. The van der Waals surface area contributed by atoms with E-state index in [1.807, 2.05) is 0 Å². The second kappa shape index (κ2) is 9.26. The van der Waals surface area contributed by atoms with Gasteiger partial charge in [-0.15, -0.1) is 0 Å². The number of nitrogens with one attached hydrogen (secondary N) is 1. The molecule has 176 valence electrons. The van der Waals surface area contributed by atoms with Crippen LogP contribution in [-0.2, 0) is 38.7 Å². The molecule has 1 unspecified atom stereocenters. The lowest BCUT2D eigenvalue weighted by atomic mass is 10.0. The van der Waals surface area contributed by atoms with Gasteiger partial charge in [0.2, 0.25) is 17.7 Å². The number of nitrogens with zero attached hydrogens (tertiary/aromatic N) is 2. The number of amides is 4. The van der Waals surface area contributed by atoms with E-state index in [0.29, 0.717) is 0 Å². The van der Waals surface area contributed by atoms with Crippen LogP contribution in [0.4, 0.5) is 0 Å². The fourth-order valence-electron chi connectivity index (χ4n) is 4.00. The maximum Gasteiger partial charge on any atom is 0.255 e. The molecule has 3 aliphatic heterocycles. The number of rotatable bonds is 6. The van der Waals surface area contributed by atoms with E-state index in [2.05, 4.69) is 5.32 Å². The van der Waals surface area contributed by atoms with Crippen LogP contribution >= 0.6 is 0 Å². The molecule has 2 saturated heterocycles. The number of fused-ring (bicyclic) bond motifs is 1. The highest BCUT2D eigenvalue weighted by Crippen LogP contribution is 2.34. The standard InChI is InChI=1S/C25H25N3O6/c29-22-9-8-20(24(31)26-22)28-13-19-18(25(28)32)2-1-3-21(19)34-14-17-6-4-16(5-7-17)12-27-10-11-33-15-23(27)30/h1-7,20H,8-15H2,(H,26,29,31)/i4D,6D,7D,12D2,14D2. The summed E-state index contributed by atoms with van der Waals surface area (Å²) in [6, 6.07) is 2.21. The second-order valence-corrected chi connectivity index (χ2v) is 7.92. The fourth-order valence-corrected chi connectivity index (χ4v) is 4.00. The summed E-state index contributed by atoms with van der Waals surface area (Å²) in [5.41, 5.74) is -0.651. The topological polar surface area (TPSA) is 105 Å². The highest BCUT2D eigenvalue weighted by molar-refractivity contribution is 6.05. The van der Waals surface area contributed by atoms with Gasteiger partial charge in [0.15, 0.2) is 0 Å². The maximum atomic E-state index is 13.1. The molecule has 0 bridgehead atoms. The van der Waals surface area contributed by atoms with Gasteiger partial charge in [-0.3, -0.25) is 24.5 Å². The number of carbonyl (C=O) groups excluding carboxylic acids is 4.